The molecule has 18 heavy (non-hydrogen) atoms. The van der Waals surface area contributed by atoms with Gasteiger partial charge in [0, 0.05) is 18.7 Å². The minimum atomic E-state index is 0.0611. The lowest BCUT2D eigenvalue weighted by Crippen LogP contribution is -2.43. The van der Waals surface area contributed by atoms with Gasteiger partial charge in [0.1, 0.15) is 5.76 Å². The fraction of sp³-hybridized carbons (Fsp3) is 0.667. The largest absolute Gasteiger partial charge is 0.383 e. The molecule has 0 radical (unpaired) electrons. The van der Waals surface area contributed by atoms with Gasteiger partial charge in [0.05, 0.1) is 18.3 Å². The van der Waals surface area contributed by atoms with E-state index in [1.807, 2.05) is 27.7 Å². The van der Waals surface area contributed by atoms with E-state index in [0.29, 0.717) is 11.7 Å². The summed E-state index contributed by atoms with van der Waals surface area (Å²) < 4.78 is 10.2. The first-order chi connectivity index (χ1) is 8.45. The summed E-state index contributed by atoms with van der Waals surface area (Å²) in [5.41, 5.74) is 1.94. The first-order valence-corrected chi connectivity index (χ1v) is 6.35. The van der Waals surface area contributed by atoms with E-state index in [4.69, 9.17) is 21.5 Å². The van der Waals surface area contributed by atoms with E-state index in [2.05, 4.69) is 15.8 Å². The zero-order valence-corrected chi connectivity index (χ0v) is 12.4. The minimum absolute atomic E-state index is 0.0611. The highest BCUT2D eigenvalue weighted by Gasteiger charge is 2.17. The van der Waals surface area contributed by atoms with Crippen LogP contribution in [0.5, 0.6) is 0 Å². The van der Waals surface area contributed by atoms with Gasteiger partial charge < -0.3 is 19.9 Å². The zero-order chi connectivity index (χ0) is 13.7. The maximum absolute atomic E-state index is 5.25. The van der Waals surface area contributed by atoms with Crippen LogP contribution >= 0.6 is 12.2 Å². The number of nitrogens with zero attached hydrogens (tertiary/aromatic N) is 1. The van der Waals surface area contributed by atoms with Crippen molar-refractivity contribution in [3.05, 3.63) is 17.0 Å². The predicted octanol–water partition coefficient (Wildman–Crippen LogP) is 1.85. The van der Waals surface area contributed by atoms with Crippen LogP contribution in [0.15, 0.2) is 4.52 Å². The lowest BCUT2D eigenvalue weighted by atomic mass is 10.1. The highest BCUT2D eigenvalue weighted by molar-refractivity contribution is 7.80. The van der Waals surface area contributed by atoms with Crippen LogP contribution in [0.3, 0.4) is 0 Å². The summed E-state index contributed by atoms with van der Waals surface area (Å²) in [6.45, 7) is 8.48. The molecular weight excluding hydrogens is 250 g/mol. The van der Waals surface area contributed by atoms with E-state index in [1.165, 1.54) is 0 Å². The molecule has 0 fully saturated rings. The standard InChI is InChI=1S/C12H21N3O2S/c1-7(6-16-5)13-12(18)14-8(2)11-9(3)15-17-10(11)4/h7-8H,6H2,1-5H3,(H2,13,14,18). The molecule has 1 heterocycles. The second-order valence-corrected chi connectivity index (χ2v) is 4.84. The van der Waals surface area contributed by atoms with Gasteiger partial charge in [-0.1, -0.05) is 5.16 Å². The second kappa shape index (κ2) is 6.70. The third kappa shape index (κ3) is 3.96. The number of aromatic nitrogens is 1. The van der Waals surface area contributed by atoms with E-state index in [1.54, 1.807) is 7.11 Å². The predicted molar refractivity (Wildman–Crippen MR) is 74.6 cm³/mol. The number of hydrogen-bond acceptors (Lipinski definition) is 4. The monoisotopic (exact) mass is 271 g/mol. The molecule has 0 aromatic carbocycles. The van der Waals surface area contributed by atoms with Crippen molar-refractivity contribution in [1.82, 2.24) is 15.8 Å². The van der Waals surface area contributed by atoms with Crippen molar-refractivity contribution in [3.8, 4) is 0 Å². The van der Waals surface area contributed by atoms with E-state index in [9.17, 15) is 0 Å². The highest BCUT2D eigenvalue weighted by atomic mass is 32.1. The van der Waals surface area contributed by atoms with Gasteiger partial charge in [0.2, 0.25) is 0 Å². The van der Waals surface area contributed by atoms with Gasteiger partial charge in [-0.05, 0) is 39.9 Å². The summed E-state index contributed by atoms with van der Waals surface area (Å²) in [4.78, 5) is 0. The molecule has 0 spiro atoms. The molecule has 0 aliphatic carbocycles. The first-order valence-electron chi connectivity index (χ1n) is 5.94. The van der Waals surface area contributed by atoms with E-state index < -0.39 is 0 Å². The molecule has 0 aliphatic rings. The molecule has 2 atom stereocenters. The number of hydrogen-bond donors (Lipinski definition) is 2. The third-order valence-electron chi connectivity index (χ3n) is 2.66. The van der Waals surface area contributed by atoms with Gasteiger partial charge in [-0.25, -0.2) is 0 Å². The fourth-order valence-corrected chi connectivity index (χ4v) is 2.31. The number of nitrogens with one attached hydrogen (secondary N) is 2. The molecule has 2 unspecified atom stereocenters. The summed E-state index contributed by atoms with van der Waals surface area (Å²) >= 11 is 5.25. The molecule has 0 amide bonds. The fourth-order valence-electron chi connectivity index (χ4n) is 1.93. The molecule has 1 aromatic heterocycles. The average Bonchev–Trinajstić information content (AvgIpc) is 2.58. The molecule has 5 nitrogen and oxygen atoms in total. The van der Waals surface area contributed by atoms with Crippen molar-refractivity contribution >= 4 is 17.3 Å². The van der Waals surface area contributed by atoms with Crippen LogP contribution in [0.1, 0.15) is 36.9 Å². The molecular formula is C12H21N3O2S. The molecule has 102 valence electrons. The Morgan fingerprint density at radius 2 is 2.06 bits per heavy atom. The van der Waals surface area contributed by atoms with Crippen molar-refractivity contribution in [2.45, 2.75) is 39.8 Å². The number of methoxy groups -OCH3 is 1. The molecule has 1 aromatic rings. The minimum Gasteiger partial charge on any atom is -0.383 e. The molecule has 0 saturated carbocycles. The summed E-state index contributed by atoms with van der Waals surface area (Å²) in [6, 6.07) is 0.234. The molecule has 2 N–H and O–H groups in total. The highest BCUT2D eigenvalue weighted by Crippen LogP contribution is 2.20. The Morgan fingerprint density at radius 1 is 1.39 bits per heavy atom. The van der Waals surface area contributed by atoms with Crippen molar-refractivity contribution in [1.29, 1.82) is 0 Å². The Kier molecular flexibility index (Phi) is 5.55. The van der Waals surface area contributed by atoms with Gasteiger partial charge in [0.25, 0.3) is 0 Å². The number of rotatable bonds is 5. The maximum Gasteiger partial charge on any atom is 0.167 e. The van der Waals surface area contributed by atoms with Gasteiger partial charge in [-0.15, -0.1) is 0 Å². The van der Waals surface area contributed by atoms with Crippen LogP contribution in [-0.2, 0) is 4.74 Å². The van der Waals surface area contributed by atoms with Crippen molar-refractivity contribution in [2.75, 3.05) is 13.7 Å². The maximum atomic E-state index is 5.25. The van der Waals surface area contributed by atoms with Crippen LogP contribution in [0.2, 0.25) is 0 Å². The van der Waals surface area contributed by atoms with E-state index >= 15 is 0 Å². The first kappa shape index (κ1) is 14.9. The van der Waals surface area contributed by atoms with Gasteiger partial charge >= 0.3 is 0 Å². The average molecular weight is 271 g/mol. The topological polar surface area (TPSA) is 59.3 Å². The summed E-state index contributed by atoms with van der Waals surface area (Å²) in [5, 5.41) is 10.9. The van der Waals surface area contributed by atoms with Crippen molar-refractivity contribution in [3.63, 3.8) is 0 Å². The normalized spacial score (nSPS) is 14.1. The van der Waals surface area contributed by atoms with Crippen LogP contribution < -0.4 is 10.6 Å². The zero-order valence-electron chi connectivity index (χ0n) is 11.5. The Bertz CT molecular complexity index is 387. The second-order valence-electron chi connectivity index (χ2n) is 4.43. The molecule has 0 aliphatic heterocycles. The SMILES string of the molecule is COCC(C)NC(=S)NC(C)c1c(C)noc1C. The van der Waals surface area contributed by atoms with Gasteiger partial charge in [0.15, 0.2) is 5.11 Å². The third-order valence-corrected chi connectivity index (χ3v) is 2.90. The molecule has 0 bridgehead atoms. The van der Waals surface area contributed by atoms with E-state index in [-0.39, 0.29) is 12.1 Å². The smallest absolute Gasteiger partial charge is 0.167 e. The Labute approximate surface area is 113 Å². The molecule has 6 heteroatoms. The quantitative estimate of drug-likeness (QED) is 0.797. The van der Waals surface area contributed by atoms with Crippen molar-refractivity contribution < 1.29 is 9.26 Å². The number of thiocarbonyl (C=S) groups is 1. The van der Waals surface area contributed by atoms with Crippen LogP contribution in [-0.4, -0.2) is 30.0 Å². The lowest BCUT2D eigenvalue weighted by molar-refractivity contribution is 0.179. The summed E-state index contributed by atoms with van der Waals surface area (Å²) in [5.74, 6) is 0.820. The molecule has 1 rings (SSSR count). The Hall–Kier alpha value is -1.14. The van der Waals surface area contributed by atoms with E-state index in [0.717, 1.165) is 17.0 Å². The molecule has 0 saturated heterocycles. The Balaban J connectivity index is 2.55. The summed E-state index contributed by atoms with van der Waals surface area (Å²) in [7, 11) is 1.67. The summed E-state index contributed by atoms with van der Waals surface area (Å²) in [6.07, 6.45) is 0. The van der Waals surface area contributed by atoms with Crippen molar-refractivity contribution in [2.24, 2.45) is 0 Å². The number of aryl methyl sites for hydroxylation is 2. The van der Waals surface area contributed by atoms with Crippen LogP contribution in [0, 0.1) is 13.8 Å². The van der Waals surface area contributed by atoms with Gasteiger partial charge in [-0.3, -0.25) is 0 Å². The van der Waals surface area contributed by atoms with Crippen LogP contribution in [0.4, 0.5) is 0 Å². The van der Waals surface area contributed by atoms with Crippen LogP contribution in [0.25, 0.3) is 0 Å². The Morgan fingerprint density at radius 3 is 2.56 bits per heavy atom. The number of ether oxygens (including phenoxy) is 1. The van der Waals surface area contributed by atoms with Gasteiger partial charge in [-0.2, -0.15) is 0 Å². The lowest BCUT2D eigenvalue weighted by Gasteiger charge is -2.20.